The molecule has 0 unspecified atom stereocenters. The number of aromatic nitrogens is 1. The lowest BCUT2D eigenvalue weighted by atomic mass is 10.3. The van der Waals surface area contributed by atoms with Gasteiger partial charge in [-0.15, -0.1) is 0 Å². The van der Waals surface area contributed by atoms with Gasteiger partial charge in [-0.1, -0.05) is 6.92 Å². The van der Waals surface area contributed by atoms with Crippen LogP contribution in [0.4, 0.5) is 20.4 Å². The molecule has 1 heterocycles. The third-order valence-electron chi connectivity index (χ3n) is 1.86. The molecule has 3 nitrogen and oxygen atoms in total. The number of hydrogen-bond donors (Lipinski definition) is 1. The van der Waals surface area contributed by atoms with Crippen LogP contribution in [0.2, 0.25) is 0 Å². The Hall–Kier alpha value is -1.39. The number of nitrogens with zero attached hydrogens (tertiary/aromatic N) is 2. The molecule has 0 fully saturated rings. The SMILES string of the molecule is CCCN(C)c1nc(N)c(F)cc1F. The molecule has 0 aliphatic heterocycles. The molecule has 0 atom stereocenters. The zero-order chi connectivity index (χ0) is 10.7. The van der Waals surface area contributed by atoms with E-state index in [0.29, 0.717) is 6.54 Å². The monoisotopic (exact) mass is 201 g/mol. The second kappa shape index (κ2) is 4.21. The Labute approximate surface area is 81.5 Å². The predicted octanol–water partition coefficient (Wildman–Crippen LogP) is 1.79. The van der Waals surface area contributed by atoms with Crippen molar-refractivity contribution in [2.75, 3.05) is 24.2 Å². The van der Waals surface area contributed by atoms with E-state index in [1.54, 1.807) is 11.9 Å². The zero-order valence-corrected chi connectivity index (χ0v) is 8.22. The molecule has 0 radical (unpaired) electrons. The summed E-state index contributed by atoms with van der Waals surface area (Å²) in [5, 5.41) is 0. The summed E-state index contributed by atoms with van der Waals surface area (Å²) < 4.78 is 26.0. The topological polar surface area (TPSA) is 42.2 Å². The van der Waals surface area contributed by atoms with Crippen molar-refractivity contribution in [3.8, 4) is 0 Å². The molecule has 0 aromatic carbocycles. The first-order valence-corrected chi connectivity index (χ1v) is 4.39. The van der Waals surface area contributed by atoms with E-state index in [-0.39, 0.29) is 11.6 Å². The van der Waals surface area contributed by atoms with Crippen LogP contribution in [0.3, 0.4) is 0 Å². The highest BCUT2D eigenvalue weighted by molar-refractivity contribution is 5.46. The van der Waals surface area contributed by atoms with Crippen LogP contribution >= 0.6 is 0 Å². The number of hydrogen-bond acceptors (Lipinski definition) is 3. The van der Waals surface area contributed by atoms with Crippen molar-refractivity contribution in [3.05, 3.63) is 17.7 Å². The number of nitrogen functional groups attached to an aromatic ring is 1. The minimum absolute atomic E-state index is 0.0887. The average molecular weight is 201 g/mol. The van der Waals surface area contributed by atoms with Crippen molar-refractivity contribution in [2.24, 2.45) is 0 Å². The molecule has 2 N–H and O–H groups in total. The van der Waals surface area contributed by atoms with E-state index in [0.717, 1.165) is 12.5 Å². The predicted molar refractivity (Wildman–Crippen MR) is 52.1 cm³/mol. The minimum atomic E-state index is -0.823. The molecule has 1 rings (SSSR count). The lowest BCUT2D eigenvalue weighted by Crippen LogP contribution is -2.21. The van der Waals surface area contributed by atoms with E-state index in [9.17, 15) is 8.78 Å². The second-order valence-electron chi connectivity index (χ2n) is 3.08. The Morgan fingerprint density at radius 2 is 2.07 bits per heavy atom. The van der Waals surface area contributed by atoms with Gasteiger partial charge in [0, 0.05) is 19.7 Å². The third-order valence-corrected chi connectivity index (χ3v) is 1.86. The van der Waals surface area contributed by atoms with Crippen molar-refractivity contribution in [1.82, 2.24) is 4.98 Å². The highest BCUT2D eigenvalue weighted by Crippen LogP contribution is 2.19. The molecular weight excluding hydrogens is 188 g/mol. The Balaban J connectivity index is 3.02. The van der Waals surface area contributed by atoms with E-state index in [4.69, 9.17) is 5.73 Å². The molecule has 0 saturated carbocycles. The second-order valence-corrected chi connectivity index (χ2v) is 3.08. The van der Waals surface area contributed by atoms with Crippen molar-refractivity contribution in [1.29, 1.82) is 0 Å². The zero-order valence-electron chi connectivity index (χ0n) is 8.22. The summed E-state index contributed by atoms with van der Waals surface area (Å²) in [5.74, 6) is -1.70. The summed E-state index contributed by atoms with van der Waals surface area (Å²) in [6.45, 7) is 2.61. The molecule has 1 aromatic heterocycles. The molecule has 14 heavy (non-hydrogen) atoms. The van der Waals surface area contributed by atoms with E-state index in [2.05, 4.69) is 4.98 Å². The molecule has 0 aliphatic carbocycles. The van der Waals surface area contributed by atoms with Gasteiger partial charge < -0.3 is 10.6 Å². The van der Waals surface area contributed by atoms with Crippen LogP contribution in [0, 0.1) is 11.6 Å². The van der Waals surface area contributed by atoms with Crippen LogP contribution in [0.1, 0.15) is 13.3 Å². The minimum Gasteiger partial charge on any atom is -0.381 e. The smallest absolute Gasteiger partial charge is 0.168 e. The summed E-state index contributed by atoms with van der Waals surface area (Å²) in [6.07, 6.45) is 0.856. The van der Waals surface area contributed by atoms with E-state index < -0.39 is 11.6 Å². The highest BCUT2D eigenvalue weighted by atomic mass is 19.1. The van der Waals surface area contributed by atoms with Gasteiger partial charge in [-0.3, -0.25) is 0 Å². The third kappa shape index (κ3) is 2.10. The first kappa shape index (κ1) is 10.7. The molecule has 1 aromatic rings. The van der Waals surface area contributed by atoms with Gasteiger partial charge >= 0.3 is 0 Å². The Morgan fingerprint density at radius 3 is 2.64 bits per heavy atom. The van der Waals surface area contributed by atoms with Gasteiger partial charge in [-0.2, -0.15) is 0 Å². The maximum Gasteiger partial charge on any atom is 0.168 e. The molecular formula is C9H13F2N3. The summed E-state index contributed by atoms with van der Waals surface area (Å²) in [4.78, 5) is 5.25. The van der Waals surface area contributed by atoms with Crippen LogP contribution < -0.4 is 10.6 Å². The number of anilines is 2. The number of pyridine rings is 1. The van der Waals surface area contributed by atoms with Crippen molar-refractivity contribution < 1.29 is 8.78 Å². The van der Waals surface area contributed by atoms with E-state index in [1.807, 2.05) is 6.92 Å². The van der Waals surface area contributed by atoms with Gasteiger partial charge in [0.15, 0.2) is 23.3 Å². The first-order valence-electron chi connectivity index (χ1n) is 4.39. The van der Waals surface area contributed by atoms with E-state index >= 15 is 0 Å². The fourth-order valence-corrected chi connectivity index (χ4v) is 1.18. The Morgan fingerprint density at radius 1 is 1.43 bits per heavy atom. The summed E-state index contributed by atoms with van der Waals surface area (Å²) in [5.41, 5.74) is 5.24. The van der Waals surface area contributed by atoms with Gasteiger partial charge in [0.25, 0.3) is 0 Å². The van der Waals surface area contributed by atoms with Crippen LogP contribution in [-0.4, -0.2) is 18.6 Å². The van der Waals surface area contributed by atoms with E-state index in [1.165, 1.54) is 0 Å². The summed E-state index contributed by atoms with van der Waals surface area (Å²) in [7, 11) is 1.69. The number of rotatable bonds is 3. The molecule has 78 valence electrons. The lowest BCUT2D eigenvalue weighted by molar-refractivity contribution is 0.573. The summed E-state index contributed by atoms with van der Waals surface area (Å²) >= 11 is 0. The number of halogens is 2. The van der Waals surface area contributed by atoms with Crippen LogP contribution in [0.25, 0.3) is 0 Å². The van der Waals surface area contributed by atoms with Crippen molar-refractivity contribution >= 4 is 11.6 Å². The highest BCUT2D eigenvalue weighted by Gasteiger charge is 2.12. The lowest BCUT2D eigenvalue weighted by Gasteiger charge is -2.17. The number of nitrogens with two attached hydrogens (primary N) is 1. The average Bonchev–Trinajstić information content (AvgIpc) is 2.11. The van der Waals surface area contributed by atoms with Gasteiger partial charge in [-0.05, 0) is 6.42 Å². The fraction of sp³-hybridized carbons (Fsp3) is 0.444. The van der Waals surface area contributed by atoms with Crippen LogP contribution in [-0.2, 0) is 0 Å². The van der Waals surface area contributed by atoms with Crippen molar-refractivity contribution in [2.45, 2.75) is 13.3 Å². The van der Waals surface area contributed by atoms with Gasteiger partial charge in [0.05, 0.1) is 0 Å². The van der Waals surface area contributed by atoms with Gasteiger partial charge in [0.2, 0.25) is 0 Å². The normalized spacial score (nSPS) is 10.3. The molecule has 0 saturated heterocycles. The maximum absolute atomic E-state index is 13.2. The molecule has 0 aliphatic rings. The molecule has 0 amide bonds. The van der Waals surface area contributed by atoms with Crippen molar-refractivity contribution in [3.63, 3.8) is 0 Å². The standard InChI is InChI=1S/C9H13F2N3/c1-3-4-14(2)9-7(11)5-6(10)8(12)13-9/h5H,3-4H2,1-2H3,(H2,12,13). The van der Waals surface area contributed by atoms with Crippen LogP contribution in [0.5, 0.6) is 0 Å². The first-order chi connectivity index (χ1) is 6.56. The quantitative estimate of drug-likeness (QED) is 0.810. The largest absolute Gasteiger partial charge is 0.381 e. The van der Waals surface area contributed by atoms with Gasteiger partial charge in [0.1, 0.15) is 0 Å². The van der Waals surface area contributed by atoms with Gasteiger partial charge in [-0.25, -0.2) is 13.8 Å². The Bertz CT molecular complexity index is 328. The van der Waals surface area contributed by atoms with Crippen LogP contribution in [0.15, 0.2) is 6.07 Å². The Kier molecular flexibility index (Phi) is 3.22. The molecule has 5 heteroatoms. The summed E-state index contributed by atoms with van der Waals surface area (Å²) in [6, 6.07) is 0.754. The fourth-order valence-electron chi connectivity index (χ4n) is 1.18. The molecule has 0 spiro atoms. The molecule has 0 bridgehead atoms. The maximum atomic E-state index is 13.2.